The molecular formula is C13H24O. The fraction of sp³-hybridized carbons (Fsp3) is 0.846. The zero-order chi connectivity index (χ0) is 10.4. The Balaban J connectivity index is 2.54. The van der Waals surface area contributed by atoms with Crippen molar-refractivity contribution in [3.8, 4) is 0 Å². The van der Waals surface area contributed by atoms with Gasteiger partial charge in [-0.1, -0.05) is 45.6 Å². The predicted molar refractivity (Wildman–Crippen MR) is 61.2 cm³/mol. The molecule has 1 unspecified atom stereocenters. The highest BCUT2D eigenvalue weighted by molar-refractivity contribution is 5.09. The monoisotopic (exact) mass is 196 g/mol. The molecule has 0 aliphatic heterocycles. The van der Waals surface area contributed by atoms with Crippen LogP contribution in [0.3, 0.4) is 0 Å². The number of aliphatic hydroxyl groups excluding tert-OH is 1. The first-order valence-corrected chi connectivity index (χ1v) is 6.09. The molecule has 1 fully saturated rings. The Bertz CT molecular complexity index is 178. The van der Waals surface area contributed by atoms with Gasteiger partial charge in [-0.05, 0) is 30.3 Å². The van der Waals surface area contributed by atoms with Gasteiger partial charge in [-0.3, -0.25) is 0 Å². The lowest BCUT2D eigenvalue weighted by molar-refractivity contribution is 0.291. The van der Waals surface area contributed by atoms with Gasteiger partial charge in [-0.2, -0.15) is 0 Å². The largest absolute Gasteiger partial charge is 0.392 e. The number of rotatable bonds is 4. The topological polar surface area (TPSA) is 20.2 Å². The Morgan fingerprint density at radius 2 is 2.00 bits per heavy atom. The molecule has 0 bridgehead atoms. The first-order valence-electron chi connectivity index (χ1n) is 6.09. The molecule has 1 aliphatic rings. The zero-order valence-electron chi connectivity index (χ0n) is 9.63. The van der Waals surface area contributed by atoms with Gasteiger partial charge in [0.15, 0.2) is 0 Å². The quantitative estimate of drug-likeness (QED) is 0.682. The smallest absolute Gasteiger partial charge is 0.0644 e. The van der Waals surface area contributed by atoms with Gasteiger partial charge in [0.25, 0.3) is 0 Å². The van der Waals surface area contributed by atoms with Crippen molar-refractivity contribution in [1.82, 2.24) is 0 Å². The van der Waals surface area contributed by atoms with E-state index in [-0.39, 0.29) is 6.61 Å². The lowest BCUT2D eigenvalue weighted by Crippen LogP contribution is -2.12. The molecule has 1 N–H and O–H groups in total. The summed E-state index contributed by atoms with van der Waals surface area (Å²) in [5, 5.41) is 9.35. The van der Waals surface area contributed by atoms with E-state index >= 15 is 0 Å². The number of aliphatic hydroxyl groups is 1. The van der Waals surface area contributed by atoms with Crippen LogP contribution in [-0.4, -0.2) is 11.7 Å². The molecular weight excluding hydrogens is 172 g/mol. The van der Waals surface area contributed by atoms with Crippen LogP contribution in [0.2, 0.25) is 0 Å². The van der Waals surface area contributed by atoms with Gasteiger partial charge >= 0.3 is 0 Å². The average Bonchev–Trinajstić information content (AvgIpc) is 2.26. The van der Waals surface area contributed by atoms with E-state index in [9.17, 15) is 5.11 Å². The molecule has 0 aromatic heterocycles. The van der Waals surface area contributed by atoms with E-state index in [0.717, 1.165) is 0 Å². The molecule has 0 spiro atoms. The minimum Gasteiger partial charge on any atom is -0.392 e. The molecule has 1 nitrogen and oxygen atoms in total. The van der Waals surface area contributed by atoms with Crippen molar-refractivity contribution in [2.45, 2.75) is 52.4 Å². The van der Waals surface area contributed by atoms with Crippen LogP contribution in [0.4, 0.5) is 0 Å². The van der Waals surface area contributed by atoms with Crippen molar-refractivity contribution in [3.05, 3.63) is 11.6 Å². The van der Waals surface area contributed by atoms with Crippen LogP contribution in [0, 0.1) is 11.8 Å². The molecule has 0 aromatic carbocycles. The SMILES string of the molecule is CCC(C)C=C(CO)C1CCCCC1. The summed E-state index contributed by atoms with van der Waals surface area (Å²) in [6.45, 7) is 4.71. The van der Waals surface area contributed by atoms with Crippen molar-refractivity contribution in [1.29, 1.82) is 0 Å². The van der Waals surface area contributed by atoms with Crippen LogP contribution < -0.4 is 0 Å². The normalized spacial score (nSPS) is 22.4. The summed E-state index contributed by atoms with van der Waals surface area (Å²) in [6, 6.07) is 0. The van der Waals surface area contributed by atoms with E-state index in [2.05, 4.69) is 19.9 Å². The van der Waals surface area contributed by atoms with Crippen molar-refractivity contribution in [2.24, 2.45) is 11.8 Å². The van der Waals surface area contributed by atoms with Crippen molar-refractivity contribution in [3.63, 3.8) is 0 Å². The Morgan fingerprint density at radius 3 is 2.50 bits per heavy atom. The summed E-state index contributed by atoms with van der Waals surface area (Å²) in [4.78, 5) is 0. The van der Waals surface area contributed by atoms with Crippen molar-refractivity contribution in [2.75, 3.05) is 6.61 Å². The molecule has 14 heavy (non-hydrogen) atoms. The van der Waals surface area contributed by atoms with Gasteiger partial charge in [0, 0.05) is 0 Å². The summed E-state index contributed by atoms with van der Waals surface area (Å²) < 4.78 is 0. The van der Waals surface area contributed by atoms with Crippen LogP contribution in [0.15, 0.2) is 11.6 Å². The maximum Gasteiger partial charge on any atom is 0.0644 e. The third-order valence-corrected chi connectivity index (χ3v) is 3.45. The molecule has 0 amide bonds. The maximum atomic E-state index is 9.35. The second-order valence-electron chi connectivity index (χ2n) is 4.62. The number of allylic oxidation sites excluding steroid dienone is 1. The van der Waals surface area contributed by atoms with Crippen molar-refractivity contribution >= 4 is 0 Å². The van der Waals surface area contributed by atoms with E-state index in [0.29, 0.717) is 11.8 Å². The fourth-order valence-electron chi connectivity index (χ4n) is 2.27. The highest BCUT2D eigenvalue weighted by Crippen LogP contribution is 2.30. The Kier molecular flexibility index (Phi) is 5.24. The molecule has 1 saturated carbocycles. The predicted octanol–water partition coefficient (Wildman–Crippen LogP) is 3.53. The molecule has 1 aliphatic carbocycles. The minimum absolute atomic E-state index is 0.273. The molecule has 1 heteroatoms. The highest BCUT2D eigenvalue weighted by Gasteiger charge is 2.17. The summed E-state index contributed by atoms with van der Waals surface area (Å²) in [6.07, 6.45) is 10.2. The van der Waals surface area contributed by atoms with E-state index in [1.807, 2.05) is 0 Å². The standard InChI is InChI=1S/C13H24O/c1-3-11(2)9-13(10-14)12-7-5-4-6-8-12/h9,11-12,14H,3-8,10H2,1-2H3. The Morgan fingerprint density at radius 1 is 1.36 bits per heavy atom. The van der Waals surface area contributed by atoms with Crippen LogP contribution in [-0.2, 0) is 0 Å². The highest BCUT2D eigenvalue weighted by atomic mass is 16.3. The third kappa shape index (κ3) is 3.45. The van der Waals surface area contributed by atoms with E-state index < -0.39 is 0 Å². The van der Waals surface area contributed by atoms with Gasteiger partial charge in [-0.25, -0.2) is 0 Å². The summed E-state index contributed by atoms with van der Waals surface area (Å²) in [5.41, 5.74) is 1.30. The van der Waals surface area contributed by atoms with Gasteiger partial charge in [0.1, 0.15) is 0 Å². The average molecular weight is 196 g/mol. The molecule has 0 aromatic rings. The van der Waals surface area contributed by atoms with Crippen LogP contribution in [0.1, 0.15) is 52.4 Å². The fourth-order valence-corrected chi connectivity index (χ4v) is 2.27. The zero-order valence-corrected chi connectivity index (χ0v) is 9.63. The number of hydrogen-bond donors (Lipinski definition) is 1. The molecule has 82 valence electrons. The lowest BCUT2D eigenvalue weighted by Gasteiger charge is -2.24. The second-order valence-corrected chi connectivity index (χ2v) is 4.62. The molecule has 0 saturated heterocycles. The minimum atomic E-state index is 0.273. The first kappa shape index (κ1) is 11.8. The number of hydrogen-bond acceptors (Lipinski definition) is 1. The summed E-state index contributed by atoms with van der Waals surface area (Å²) >= 11 is 0. The van der Waals surface area contributed by atoms with Crippen LogP contribution in [0.5, 0.6) is 0 Å². The van der Waals surface area contributed by atoms with Gasteiger partial charge < -0.3 is 5.11 Å². The van der Waals surface area contributed by atoms with Gasteiger partial charge in [-0.15, -0.1) is 0 Å². The van der Waals surface area contributed by atoms with Crippen LogP contribution in [0.25, 0.3) is 0 Å². The first-order chi connectivity index (χ1) is 6.77. The second kappa shape index (κ2) is 6.23. The maximum absolute atomic E-state index is 9.35. The van der Waals surface area contributed by atoms with E-state index in [1.54, 1.807) is 0 Å². The van der Waals surface area contributed by atoms with E-state index in [4.69, 9.17) is 0 Å². The molecule has 1 rings (SSSR count). The van der Waals surface area contributed by atoms with Crippen molar-refractivity contribution < 1.29 is 5.11 Å². The lowest BCUT2D eigenvalue weighted by atomic mass is 9.82. The Hall–Kier alpha value is -0.300. The Labute approximate surface area is 88.2 Å². The van der Waals surface area contributed by atoms with Gasteiger partial charge in [0.2, 0.25) is 0 Å². The van der Waals surface area contributed by atoms with Gasteiger partial charge in [0.05, 0.1) is 6.61 Å². The molecule has 0 heterocycles. The molecule has 1 atom stereocenters. The summed E-state index contributed by atoms with van der Waals surface area (Å²) in [5.74, 6) is 1.31. The van der Waals surface area contributed by atoms with Crippen LogP contribution >= 0.6 is 0 Å². The van der Waals surface area contributed by atoms with E-state index in [1.165, 1.54) is 44.1 Å². The summed E-state index contributed by atoms with van der Waals surface area (Å²) in [7, 11) is 0. The third-order valence-electron chi connectivity index (χ3n) is 3.45. The molecule has 0 radical (unpaired) electrons.